The van der Waals surface area contributed by atoms with E-state index in [4.69, 9.17) is 9.15 Å². The van der Waals surface area contributed by atoms with E-state index in [1.165, 1.54) is 29.7 Å². The quantitative estimate of drug-likeness (QED) is 0.484. The predicted molar refractivity (Wildman–Crippen MR) is 104 cm³/mol. The van der Waals surface area contributed by atoms with E-state index in [0.29, 0.717) is 34.6 Å². The van der Waals surface area contributed by atoms with E-state index < -0.39 is 0 Å². The molecule has 0 N–H and O–H groups in total. The number of hydrogen-bond acceptors (Lipinski definition) is 5. The molecule has 2 heterocycles. The predicted octanol–water partition coefficient (Wildman–Crippen LogP) is 5.25. The molecule has 0 spiro atoms. The standard InChI is InChI=1S/C21H16FNO3S/c1-12-7-16(25-9-14-3-5-15(22)6-4-14)8-19-20(12)21(24)17(10-26-19)18-11-27-13(2)23-18/h3-8,10-11H,9H2,1-2H3. The van der Waals surface area contributed by atoms with Crippen molar-refractivity contribution in [1.29, 1.82) is 0 Å². The molecule has 0 amide bonds. The molecule has 0 bridgehead atoms. The lowest BCUT2D eigenvalue weighted by atomic mass is 10.1. The highest BCUT2D eigenvalue weighted by Crippen LogP contribution is 2.27. The molecule has 2 aromatic carbocycles. The lowest BCUT2D eigenvalue weighted by Crippen LogP contribution is -2.07. The van der Waals surface area contributed by atoms with Crippen LogP contribution in [0.5, 0.6) is 5.75 Å². The molecule has 2 aromatic heterocycles. The Morgan fingerprint density at radius 2 is 1.96 bits per heavy atom. The third kappa shape index (κ3) is 3.48. The molecule has 0 atom stereocenters. The summed E-state index contributed by atoms with van der Waals surface area (Å²) in [7, 11) is 0. The average Bonchev–Trinajstić information content (AvgIpc) is 3.07. The van der Waals surface area contributed by atoms with E-state index >= 15 is 0 Å². The number of halogens is 1. The largest absolute Gasteiger partial charge is 0.489 e. The van der Waals surface area contributed by atoms with E-state index in [1.807, 2.05) is 19.2 Å². The topological polar surface area (TPSA) is 52.3 Å². The summed E-state index contributed by atoms with van der Waals surface area (Å²) in [5.41, 5.74) is 3.06. The van der Waals surface area contributed by atoms with Crippen LogP contribution < -0.4 is 10.2 Å². The number of aryl methyl sites for hydroxylation is 2. The summed E-state index contributed by atoms with van der Waals surface area (Å²) in [4.78, 5) is 17.3. The number of aromatic nitrogens is 1. The first-order valence-electron chi connectivity index (χ1n) is 8.37. The SMILES string of the molecule is Cc1nc(-c2coc3cc(OCc4ccc(F)cc4)cc(C)c3c2=O)cs1. The second-order valence-electron chi connectivity index (χ2n) is 6.26. The van der Waals surface area contributed by atoms with Crippen LogP contribution in [0.1, 0.15) is 16.1 Å². The van der Waals surface area contributed by atoms with Gasteiger partial charge in [-0.05, 0) is 43.2 Å². The van der Waals surface area contributed by atoms with Gasteiger partial charge in [0.2, 0.25) is 5.43 Å². The van der Waals surface area contributed by atoms with E-state index in [2.05, 4.69) is 4.98 Å². The molecule has 4 rings (SSSR count). The number of rotatable bonds is 4. The summed E-state index contributed by atoms with van der Waals surface area (Å²) in [5.74, 6) is 0.304. The monoisotopic (exact) mass is 381 g/mol. The van der Waals surface area contributed by atoms with Crippen LogP contribution in [0, 0.1) is 19.7 Å². The van der Waals surface area contributed by atoms with Gasteiger partial charge in [-0.25, -0.2) is 9.37 Å². The third-order valence-electron chi connectivity index (χ3n) is 4.26. The van der Waals surface area contributed by atoms with Gasteiger partial charge in [-0.3, -0.25) is 4.79 Å². The van der Waals surface area contributed by atoms with Crippen molar-refractivity contribution in [2.24, 2.45) is 0 Å². The van der Waals surface area contributed by atoms with Crippen molar-refractivity contribution in [3.05, 3.63) is 80.2 Å². The van der Waals surface area contributed by atoms with E-state index in [9.17, 15) is 9.18 Å². The van der Waals surface area contributed by atoms with Gasteiger partial charge >= 0.3 is 0 Å². The summed E-state index contributed by atoms with van der Waals surface area (Å²) < 4.78 is 24.5. The molecule has 136 valence electrons. The van der Waals surface area contributed by atoms with Crippen molar-refractivity contribution in [3.8, 4) is 17.0 Å². The Hall–Kier alpha value is -2.99. The summed E-state index contributed by atoms with van der Waals surface area (Å²) in [6.45, 7) is 4.04. The number of nitrogens with zero attached hydrogens (tertiary/aromatic N) is 1. The fourth-order valence-electron chi connectivity index (χ4n) is 2.91. The zero-order valence-electron chi connectivity index (χ0n) is 14.8. The molecule has 0 aliphatic heterocycles. The van der Waals surface area contributed by atoms with Gasteiger partial charge in [-0.1, -0.05) is 12.1 Å². The van der Waals surface area contributed by atoms with Gasteiger partial charge in [-0.15, -0.1) is 11.3 Å². The maximum Gasteiger partial charge on any atom is 0.202 e. The van der Waals surface area contributed by atoms with Crippen molar-refractivity contribution < 1.29 is 13.5 Å². The minimum Gasteiger partial charge on any atom is -0.489 e. The highest BCUT2D eigenvalue weighted by molar-refractivity contribution is 7.09. The van der Waals surface area contributed by atoms with Crippen LogP contribution in [0.25, 0.3) is 22.2 Å². The highest BCUT2D eigenvalue weighted by atomic mass is 32.1. The van der Waals surface area contributed by atoms with E-state index in [-0.39, 0.29) is 11.2 Å². The first-order chi connectivity index (χ1) is 13.0. The van der Waals surface area contributed by atoms with Crippen LogP contribution in [-0.4, -0.2) is 4.98 Å². The van der Waals surface area contributed by atoms with Gasteiger partial charge in [0.25, 0.3) is 0 Å². The molecule has 0 radical (unpaired) electrons. The van der Waals surface area contributed by atoms with Crippen molar-refractivity contribution >= 4 is 22.3 Å². The molecule has 0 unspecified atom stereocenters. The summed E-state index contributed by atoms with van der Waals surface area (Å²) in [6.07, 6.45) is 1.45. The smallest absolute Gasteiger partial charge is 0.202 e. The fraction of sp³-hybridized carbons (Fsp3) is 0.143. The molecule has 0 aliphatic rings. The molecule has 4 nitrogen and oxygen atoms in total. The van der Waals surface area contributed by atoms with Crippen LogP contribution in [0.3, 0.4) is 0 Å². The molecule has 6 heteroatoms. The van der Waals surface area contributed by atoms with E-state index in [0.717, 1.165) is 16.1 Å². The zero-order valence-corrected chi connectivity index (χ0v) is 15.6. The molecular formula is C21H16FNO3S. The van der Waals surface area contributed by atoms with Crippen LogP contribution >= 0.6 is 11.3 Å². The summed E-state index contributed by atoms with van der Waals surface area (Å²) in [6, 6.07) is 9.63. The second kappa shape index (κ2) is 6.96. The number of thiazole rings is 1. The maximum absolute atomic E-state index is 13.0. The van der Waals surface area contributed by atoms with Crippen molar-refractivity contribution in [3.63, 3.8) is 0 Å². The van der Waals surface area contributed by atoms with Crippen LogP contribution in [0.4, 0.5) is 4.39 Å². The van der Waals surface area contributed by atoms with Gasteiger partial charge in [-0.2, -0.15) is 0 Å². The lowest BCUT2D eigenvalue weighted by molar-refractivity contribution is 0.306. The molecule has 0 saturated heterocycles. The van der Waals surface area contributed by atoms with Gasteiger partial charge in [0.1, 0.15) is 30.0 Å². The van der Waals surface area contributed by atoms with Crippen molar-refractivity contribution in [2.45, 2.75) is 20.5 Å². The first kappa shape index (κ1) is 17.4. The molecule has 0 fully saturated rings. The summed E-state index contributed by atoms with van der Waals surface area (Å²) >= 11 is 1.49. The first-order valence-corrected chi connectivity index (χ1v) is 9.25. The second-order valence-corrected chi connectivity index (χ2v) is 7.32. The van der Waals surface area contributed by atoms with Gasteiger partial charge in [0.15, 0.2) is 0 Å². The summed E-state index contributed by atoms with van der Waals surface area (Å²) in [5, 5.41) is 3.26. The normalized spacial score (nSPS) is 11.1. The lowest BCUT2D eigenvalue weighted by Gasteiger charge is -2.09. The Balaban J connectivity index is 1.67. The highest BCUT2D eigenvalue weighted by Gasteiger charge is 2.14. The Bertz CT molecular complexity index is 1180. The van der Waals surface area contributed by atoms with Gasteiger partial charge in [0, 0.05) is 11.4 Å². The van der Waals surface area contributed by atoms with Crippen LogP contribution in [0.2, 0.25) is 0 Å². The number of hydrogen-bond donors (Lipinski definition) is 0. The molecule has 4 aromatic rings. The minimum atomic E-state index is -0.284. The molecular weight excluding hydrogens is 365 g/mol. The molecule has 0 aliphatic carbocycles. The Labute approximate surface area is 158 Å². The average molecular weight is 381 g/mol. The van der Waals surface area contributed by atoms with Crippen LogP contribution in [0.15, 0.2) is 57.3 Å². The maximum atomic E-state index is 13.0. The van der Waals surface area contributed by atoms with Crippen molar-refractivity contribution in [2.75, 3.05) is 0 Å². The molecule has 27 heavy (non-hydrogen) atoms. The fourth-order valence-corrected chi connectivity index (χ4v) is 3.52. The number of fused-ring (bicyclic) bond motifs is 1. The van der Waals surface area contributed by atoms with E-state index in [1.54, 1.807) is 24.3 Å². The minimum absolute atomic E-state index is 0.107. The number of ether oxygens (including phenoxy) is 1. The Kier molecular flexibility index (Phi) is 4.49. The zero-order chi connectivity index (χ0) is 19.0. The Morgan fingerprint density at radius 3 is 2.67 bits per heavy atom. The Morgan fingerprint density at radius 1 is 1.19 bits per heavy atom. The van der Waals surface area contributed by atoms with Crippen molar-refractivity contribution in [1.82, 2.24) is 4.98 Å². The number of benzene rings is 2. The van der Waals surface area contributed by atoms with Crippen LogP contribution in [-0.2, 0) is 6.61 Å². The van der Waals surface area contributed by atoms with Gasteiger partial charge < -0.3 is 9.15 Å². The molecule has 0 saturated carbocycles. The van der Waals surface area contributed by atoms with Gasteiger partial charge in [0.05, 0.1) is 21.7 Å². The third-order valence-corrected chi connectivity index (χ3v) is 5.04.